The number of rotatable bonds is 12. The fraction of sp³-hybridized carbons (Fsp3) is 0.0612. The lowest BCUT2D eigenvalue weighted by Gasteiger charge is -2.22. The molecule has 0 fully saturated rings. The summed E-state index contributed by atoms with van der Waals surface area (Å²) in [4.78, 5) is 93.8. The Hall–Kier alpha value is -15.4. The van der Waals surface area contributed by atoms with Crippen LogP contribution in [0.5, 0.6) is 28.7 Å². The molecule has 1 aliphatic heterocycles. The minimum absolute atomic E-state index is 0.0666. The number of aromatic nitrogens is 5. The number of aromatic carboxylic acids is 1. The molecule has 6 N–H and O–H groups in total. The molecule has 0 saturated carbocycles. The van der Waals surface area contributed by atoms with E-state index in [4.69, 9.17) is 34.9 Å². The van der Waals surface area contributed by atoms with E-state index in [1.165, 1.54) is 5.56 Å². The molecule has 0 unspecified atom stereocenters. The largest absolute Gasteiger partial charge is 0.505 e. The monoisotopic (exact) mass is 1520 g/mol. The molecule has 18 rings (SSSR count). The molecule has 116 heavy (non-hydrogen) atoms. The van der Waals surface area contributed by atoms with Gasteiger partial charge in [0.1, 0.15) is 50.7 Å². The lowest BCUT2D eigenvalue weighted by molar-refractivity contribution is 0.0669. The topological polar surface area (TPSA) is 276 Å². The first-order valence-electron chi connectivity index (χ1n) is 37.6. The molecule has 18 nitrogen and oxygen atoms in total. The summed E-state index contributed by atoms with van der Waals surface area (Å²) < 4.78 is 19.3. The number of benzene rings is 12. The van der Waals surface area contributed by atoms with Crippen molar-refractivity contribution >= 4 is 84.3 Å². The molecule has 0 spiro atoms. The molecule has 566 valence electrons. The van der Waals surface area contributed by atoms with Gasteiger partial charge in [0.15, 0.2) is 28.7 Å². The minimum atomic E-state index is -1.17. The first-order valence-corrected chi connectivity index (χ1v) is 37.6. The number of nitrogens with zero attached hydrogens (tertiary/aromatic N) is 5. The second-order valence-electron chi connectivity index (χ2n) is 27.0. The van der Waals surface area contributed by atoms with E-state index in [2.05, 4.69) is 34.3 Å². The number of hydrogen-bond donors (Lipinski definition) is 5. The molecule has 0 saturated heterocycles. The van der Waals surface area contributed by atoms with Gasteiger partial charge in [-0.2, -0.15) is 0 Å². The predicted octanol–water partition coefficient (Wildman–Crippen LogP) is 21.2. The molecule has 18 heteroatoms. The highest BCUT2D eigenvalue weighted by Crippen LogP contribution is 2.46. The fourth-order valence-corrected chi connectivity index (χ4v) is 14.0. The molecule has 0 bridgehead atoms. The van der Waals surface area contributed by atoms with Crippen LogP contribution in [0.25, 0.3) is 111 Å². The minimum Gasteiger partial charge on any atom is -0.505 e. The van der Waals surface area contributed by atoms with Crippen molar-refractivity contribution in [3.8, 4) is 85.0 Å². The van der Waals surface area contributed by atoms with Crippen molar-refractivity contribution in [2.75, 3.05) is 0 Å². The van der Waals surface area contributed by atoms with E-state index in [9.17, 15) is 24.9 Å². The number of carboxylic acids is 1. The van der Waals surface area contributed by atoms with E-state index < -0.39 is 23.9 Å². The van der Waals surface area contributed by atoms with Crippen LogP contribution in [0.4, 0.5) is 0 Å². The summed E-state index contributed by atoms with van der Waals surface area (Å²) >= 11 is 0. The standard InChI is InChI=1S/C48H27N3O6.C25H22N2O2.C16H11NO3.C9H13N/c52-46-37-31-22-10-13-25-34(31)49-40(28-16-4-1-5-17-28)43(37)55-47(53)38-32-23-11-14-26-35(32)50-41(29-18-6-2-7-19-29)44(38)57-48(54)39-33-24-12-15-27-36(33)51-42(45(39)56-46)30-20-8-3-9-21-30;1-2-20(17-11-5-3-6-12-17)27-25(29)22-19-15-9-10-16-21(19)26-23(24(22)28)18-13-7-4-8-14-18;18-15-13(16(19)20)11-8-4-5-9-12(11)17-14(15)10-6-2-1-3-7-10;1-2-9(10)8-6-4-3-5-7-8/h1-27H;3-16,20,28H,2H2,1H3,(H,27,29);1-9,18H,(H,19,20);3-7,9H,2,10H2,1H3/t;20-;;9-/m.0.0/s1. The molecular weight excluding hydrogens is 1450 g/mol. The lowest BCUT2D eigenvalue weighted by atomic mass is 9.99. The van der Waals surface area contributed by atoms with Crippen LogP contribution in [0.1, 0.15) is 102 Å². The van der Waals surface area contributed by atoms with Crippen molar-refractivity contribution < 1.29 is 53.5 Å². The van der Waals surface area contributed by atoms with Crippen molar-refractivity contribution in [3.05, 3.63) is 373 Å². The second-order valence-corrected chi connectivity index (χ2v) is 27.0. The molecule has 1 aliphatic rings. The number of fused-ring (bicyclic) bond motifs is 11. The summed E-state index contributed by atoms with van der Waals surface area (Å²) in [7, 11) is 0. The van der Waals surface area contributed by atoms with Crippen LogP contribution < -0.4 is 25.3 Å². The van der Waals surface area contributed by atoms with E-state index in [1.807, 2.05) is 219 Å². The highest BCUT2D eigenvalue weighted by atomic mass is 16.6. The molecule has 2 atom stereocenters. The summed E-state index contributed by atoms with van der Waals surface area (Å²) in [5, 5.41) is 35.9. The molecule has 17 aromatic rings. The van der Waals surface area contributed by atoms with Crippen LogP contribution in [0, 0.1) is 0 Å². The summed E-state index contributed by atoms with van der Waals surface area (Å²) in [6.45, 7) is 4.12. The number of nitrogens with two attached hydrogens (primary N) is 1. The van der Waals surface area contributed by atoms with E-state index in [0.29, 0.717) is 82.5 Å². The molecule has 5 aromatic heterocycles. The van der Waals surface area contributed by atoms with Crippen molar-refractivity contribution in [2.45, 2.75) is 38.8 Å². The van der Waals surface area contributed by atoms with Crippen molar-refractivity contribution in [1.82, 2.24) is 30.2 Å². The Labute approximate surface area is 666 Å². The smallest absolute Gasteiger partial charge is 0.348 e. The van der Waals surface area contributed by atoms with Gasteiger partial charge in [0.25, 0.3) is 5.91 Å². The number of ether oxygens (including phenoxy) is 3. The van der Waals surface area contributed by atoms with E-state index in [-0.39, 0.29) is 97.3 Å². The van der Waals surface area contributed by atoms with Gasteiger partial charge in [-0.15, -0.1) is 0 Å². The first-order chi connectivity index (χ1) is 56.7. The number of carbonyl (C=O) groups excluding carboxylic acids is 4. The fourth-order valence-electron chi connectivity index (χ4n) is 14.0. The maximum Gasteiger partial charge on any atom is 0.348 e. The van der Waals surface area contributed by atoms with Gasteiger partial charge in [0.2, 0.25) is 0 Å². The number of para-hydroxylation sites is 5. The van der Waals surface area contributed by atoms with Crippen LogP contribution in [-0.2, 0) is 0 Å². The van der Waals surface area contributed by atoms with Crippen LogP contribution >= 0.6 is 0 Å². The number of carboxylic acid groups (broad SMARTS) is 1. The summed E-state index contributed by atoms with van der Waals surface area (Å²) in [5.74, 6) is -4.99. The average Bonchev–Trinajstić information content (AvgIpc) is 0.729. The Kier molecular flexibility index (Phi) is 22.6. The van der Waals surface area contributed by atoms with Gasteiger partial charge in [-0.3, -0.25) is 4.79 Å². The Balaban J connectivity index is 0.000000147. The number of esters is 3. The molecule has 0 aliphatic carbocycles. The van der Waals surface area contributed by atoms with E-state index >= 15 is 14.4 Å². The Morgan fingerprint density at radius 2 is 0.578 bits per heavy atom. The number of nitrogens with one attached hydrogen (secondary N) is 1. The third-order valence-corrected chi connectivity index (χ3v) is 19.7. The van der Waals surface area contributed by atoms with Crippen molar-refractivity contribution in [3.63, 3.8) is 0 Å². The van der Waals surface area contributed by atoms with Gasteiger partial charge in [-0.25, -0.2) is 44.1 Å². The number of carbonyl (C=O) groups is 5. The molecular formula is C98H73N7O11. The maximum absolute atomic E-state index is 15.1. The van der Waals surface area contributed by atoms with Crippen LogP contribution in [0.15, 0.2) is 334 Å². The van der Waals surface area contributed by atoms with Gasteiger partial charge >= 0.3 is 23.9 Å². The average molecular weight is 1520 g/mol. The van der Waals surface area contributed by atoms with Crippen molar-refractivity contribution in [1.29, 1.82) is 0 Å². The van der Waals surface area contributed by atoms with Gasteiger partial charge in [-0.1, -0.05) is 317 Å². The quantitative estimate of drug-likeness (QED) is 0.0711. The highest BCUT2D eigenvalue weighted by molar-refractivity contribution is 6.17. The molecule has 12 aromatic carbocycles. The van der Waals surface area contributed by atoms with Gasteiger partial charge in [0.05, 0.1) is 39.2 Å². The Morgan fingerprint density at radius 3 is 0.888 bits per heavy atom. The SMILES string of the molecule is CC[C@H](N)c1ccccc1.CC[C@H](NC(=O)c1c(O)c(-c2ccccc2)nc2ccccc12)c1ccccc1.O=C(O)c1c(O)c(-c2ccccc2)nc2ccccc12.O=C1Oc2c(-c3ccccc3)nc3ccccc3c2C(=O)Oc2c(-c3ccccc3)nc3ccccc3c2C(=O)Oc2c(-c3ccccc3)nc3ccccc3c21. The Bertz CT molecular complexity index is 6200. The summed E-state index contributed by atoms with van der Waals surface area (Å²) in [5.41, 5.74) is 15.1. The van der Waals surface area contributed by atoms with Crippen LogP contribution in [0.2, 0.25) is 0 Å². The number of hydrogen-bond acceptors (Lipinski definition) is 16. The van der Waals surface area contributed by atoms with Gasteiger partial charge in [-0.05, 0) is 54.3 Å². The zero-order valence-electron chi connectivity index (χ0n) is 62.7. The molecule has 6 heterocycles. The zero-order valence-corrected chi connectivity index (χ0v) is 62.7. The van der Waals surface area contributed by atoms with Gasteiger partial charge in [0, 0.05) is 60.8 Å². The summed E-state index contributed by atoms with van der Waals surface area (Å²) in [6, 6.07) is 101. The summed E-state index contributed by atoms with van der Waals surface area (Å²) in [6.07, 6.45) is 1.75. The number of aromatic hydroxyl groups is 2. The second kappa shape index (κ2) is 34.5. The predicted molar refractivity (Wildman–Crippen MR) is 452 cm³/mol. The number of pyridine rings is 5. The van der Waals surface area contributed by atoms with Crippen molar-refractivity contribution in [2.24, 2.45) is 5.73 Å². The zero-order chi connectivity index (χ0) is 80.2. The molecule has 1 amide bonds. The lowest BCUT2D eigenvalue weighted by Crippen LogP contribution is -2.28. The maximum atomic E-state index is 15.1. The third kappa shape index (κ3) is 15.8. The Morgan fingerprint density at radius 1 is 0.328 bits per heavy atom. The van der Waals surface area contributed by atoms with Gasteiger partial charge < -0.3 is 40.6 Å². The van der Waals surface area contributed by atoms with E-state index in [1.54, 1.807) is 109 Å². The first kappa shape index (κ1) is 76.0. The molecule has 0 radical (unpaired) electrons. The highest BCUT2D eigenvalue weighted by Gasteiger charge is 2.36. The normalized spacial score (nSPS) is 12.2. The number of amides is 1. The van der Waals surface area contributed by atoms with E-state index in [0.717, 1.165) is 24.0 Å². The van der Waals surface area contributed by atoms with Crippen LogP contribution in [0.3, 0.4) is 0 Å². The third-order valence-electron chi connectivity index (χ3n) is 19.7. The van der Waals surface area contributed by atoms with Crippen LogP contribution in [-0.4, -0.2) is 70.0 Å².